The summed E-state index contributed by atoms with van der Waals surface area (Å²) in [4.78, 5) is 22.7. The van der Waals surface area contributed by atoms with E-state index in [1.54, 1.807) is 19.1 Å². The number of carbonyl (C=O) groups excluding carboxylic acids is 1. The summed E-state index contributed by atoms with van der Waals surface area (Å²) in [5.41, 5.74) is 1.27. The van der Waals surface area contributed by atoms with Gasteiger partial charge in [-0.15, -0.1) is 5.10 Å². The van der Waals surface area contributed by atoms with Gasteiger partial charge in [-0.1, -0.05) is 0 Å². The second-order valence-corrected chi connectivity index (χ2v) is 6.16. The fourth-order valence-electron chi connectivity index (χ4n) is 3.01. The third-order valence-electron chi connectivity index (χ3n) is 4.28. The Morgan fingerprint density at radius 2 is 2.15 bits per heavy atom. The first-order chi connectivity index (χ1) is 12.5. The number of hydrogen-bond acceptors (Lipinski definition) is 5. The Bertz CT molecular complexity index is 971. The van der Waals surface area contributed by atoms with Gasteiger partial charge < -0.3 is 10.2 Å². The van der Waals surface area contributed by atoms with Crippen molar-refractivity contribution < 1.29 is 13.6 Å². The number of rotatable bonds is 3. The quantitative estimate of drug-likeness (QED) is 0.778. The second kappa shape index (κ2) is 6.32. The molecular weight excluding hydrogens is 342 g/mol. The molecule has 0 aromatic carbocycles. The highest BCUT2D eigenvalue weighted by Gasteiger charge is 2.24. The zero-order chi connectivity index (χ0) is 18.3. The van der Waals surface area contributed by atoms with Gasteiger partial charge in [-0.25, -0.2) is 23.3 Å². The number of alkyl halides is 1. The highest BCUT2D eigenvalue weighted by Crippen LogP contribution is 2.21. The van der Waals surface area contributed by atoms with Crippen LogP contribution in [0.2, 0.25) is 0 Å². The van der Waals surface area contributed by atoms with E-state index in [1.165, 1.54) is 16.6 Å². The first kappa shape index (κ1) is 16.4. The van der Waals surface area contributed by atoms with E-state index in [-0.39, 0.29) is 18.1 Å². The molecule has 0 aliphatic carbocycles. The Labute approximate surface area is 147 Å². The molecule has 1 saturated heterocycles. The molecule has 9 heteroatoms. The fraction of sp³-hybridized carbons (Fsp3) is 0.294. The molecule has 7 nitrogen and oxygen atoms in total. The minimum absolute atomic E-state index is 0.224. The van der Waals surface area contributed by atoms with Gasteiger partial charge in [-0.05, 0) is 37.6 Å². The average molecular weight is 358 g/mol. The van der Waals surface area contributed by atoms with Crippen LogP contribution in [0.5, 0.6) is 0 Å². The van der Waals surface area contributed by atoms with Crippen molar-refractivity contribution >= 4 is 23.2 Å². The van der Waals surface area contributed by atoms with Crippen LogP contribution in [0.4, 0.5) is 20.4 Å². The van der Waals surface area contributed by atoms with E-state index in [0.717, 1.165) is 6.20 Å². The number of amides is 1. The van der Waals surface area contributed by atoms with Crippen molar-refractivity contribution in [1.82, 2.24) is 19.6 Å². The van der Waals surface area contributed by atoms with Gasteiger partial charge in [0.25, 0.3) is 5.91 Å². The Balaban J connectivity index is 1.68. The summed E-state index contributed by atoms with van der Waals surface area (Å²) in [7, 11) is 0. The first-order valence-corrected chi connectivity index (χ1v) is 8.19. The maximum atomic E-state index is 13.5. The summed E-state index contributed by atoms with van der Waals surface area (Å²) in [5, 5.41) is 7.07. The first-order valence-electron chi connectivity index (χ1n) is 8.19. The largest absolute Gasteiger partial charge is 0.352 e. The molecule has 0 bridgehead atoms. The summed E-state index contributed by atoms with van der Waals surface area (Å²) >= 11 is 0. The van der Waals surface area contributed by atoms with Gasteiger partial charge in [-0.2, -0.15) is 0 Å². The van der Waals surface area contributed by atoms with Crippen LogP contribution in [0.1, 0.15) is 22.6 Å². The molecule has 1 aliphatic heterocycles. The lowest BCUT2D eigenvalue weighted by Crippen LogP contribution is -2.23. The van der Waals surface area contributed by atoms with Crippen LogP contribution >= 0.6 is 0 Å². The molecule has 1 atom stereocenters. The van der Waals surface area contributed by atoms with Gasteiger partial charge in [0.05, 0.1) is 18.4 Å². The number of imidazole rings is 1. The molecule has 0 saturated carbocycles. The van der Waals surface area contributed by atoms with Crippen molar-refractivity contribution in [1.29, 1.82) is 0 Å². The number of fused-ring (bicyclic) bond motifs is 1. The maximum absolute atomic E-state index is 13.5. The van der Waals surface area contributed by atoms with Crippen molar-refractivity contribution in [2.24, 2.45) is 0 Å². The van der Waals surface area contributed by atoms with Crippen molar-refractivity contribution in [3.05, 3.63) is 47.7 Å². The summed E-state index contributed by atoms with van der Waals surface area (Å²) in [6.07, 6.45) is 0.615. The standard InChI is InChI=1S/C17H16F2N6O/c1-10-16(17(26)22-13-3-2-11(18)8-20-13)25-14(21-10)4-5-15(23-25)24-7-6-12(19)9-24/h2-5,8,12H,6-7,9H2,1H3,(H,20,22,26)/t12-/m0/s1. The number of aromatic nitrogens is 4. The monoisotopic (exact) mass is 358 g/mol. The van der Waals surface area contributed by atoms with E-state index < -0.39 is 17.9 Å². The smallest absolute Gasteiger partial charge is 0.277 e. The number of hydrogen-bond donors (Lipinski definition) is 1. The molecule has 3 aromatic rings. The minimum Gasteiger partial charge on any atom is -0.352 e. The van der Waals surface area contributed by atoms with Crippen LogP contribution in [0.25, 0.3) is 5.65 Å². The molecular formula is C17H16F2N6O. The summed E-state index contributed by atoms with van der Waals surface area (Å²) in [6, 6.07) is 6.09. The van der Waals surface area contributed by atoms with Crippen LogP contribution in [-0.2, 0) is 0 Å². The highest BCUT2D eigenvalue weighted by molar-refractivity contribution is 6.03. The van der Waals surface area contributed by atoms with E-state index in [1.807, 2.05) is 4.90 Å². The Morgan fingerprint density at radius 1 is 1.31 bits per heavy atom. The number of aryl methyl sites for hydroxylation is 1. The van der Waals surface area contributed by atoms with Gasteiger partial charge in [-0.3, -0.25) is 4.79 Å². The molecule has 4 heterocycles. The molecule has 0 radical (unpaired) electrons. The van der Waals surface area contributed by atoms with Gasteiger partial charge in [0.2, 0.25) is 0 Å². The molecule has 1 aliphatic rings. The van der Waals surface area contributed by atoms with E-state index in [4.69, 9.17) is 0 Å². The highest BCUT2D eigenvalue weighted by atomic mass is 19.1. The topological polar surface area (TPSA) is 75.4 Å². The lowest BCUT2D eigenvalue weighted by molar-refractivity contribution is 0.101. The SMILES string of the molecule is Cc1nc2ccc(N3CC[C@H](F)C3)nn2c1C(=O)Nc1ccc(F)cn1. The molecule has 3 aromatic heterocycles. The number of anilines is 2. The second-order valence-electron chi connectivity index (χ2n) is 6.16. The molecule has 0 spiro atoms. The summed E-state index contributed by atoms with van der Waals surface area (Å²) < 4.78 is 27.9. The van der Waals surface area contributed by atoms with Crippen LogP contribution in [0, 0.1) is 12.7 Å². The fourth-order valence-corrected chi connectivity index (χ4v) is 3.01. The predicted molar refractivity (Wildman–Crippen MR) is 91.6 cm³/mol. The summed E-state index contributed by atoms with van der Waals surface area (Å²) in [5.74, 6) is -0.133. The van der Waals surface area contributed by atoms with Crippen molar-refractivity contribution in [3.63, 3.8) is 0 Å². The predicted octanol–water partition coefficient (Wildman–Crippen LogP) is 2.37. The Hall–Kier alpha value is -3.10. The molecule has 0 unspecified atom stereocenters. The normalized spacial score (nSPS) is 17.0. The molecule has 4 rings (SSSR count). The van der Waals surface area contributed by atoms with Gasteiger partial charge >= 0.3 is 0 Å². The zero-order valence-electron chi connectivity index (χ0n) is 14.0. The van der Waals surface area contributed by atoms with Gasteiger partial charge in [0, 0.05) is 6.54 Å². The molecule has 1 fully saturated rings. The van der Waals surface area contributed by atoms with Crippen molar-refractivity contribution in [2.45, 2.75) is 19.5 Å². The Morgan fingerprint density at radius 3 is 2.85 bits per heavy atom. The van der Waals surface area contributed by atoms with Crippen LogP contribution in [-0.4, -0.2) is 44.8 Å². The maximum Gasteiger partial charge on any atom is 0.277 e. The lowest BCUT2D eigenvalue weighted by Gasteiger charge is -2.16. The van der Waals surface area contributed by atoms with E-state index >= 15 is 0 Å². The van der Waals surface area contributed by atoms with E-state index in [2.05, 4.69) is 20.4 Å². The van der Waals surface area contributed by atoms with E-state index in [0.29, 0.717) is 30.1 Å². The van der Waals surface area contributed by atoms with Gasteiger partial charge in [0.1, 0.15) is 23.6 Å². The zero-order valence-corrected chi connectivity index (χ0v) is 14.0. The third kappa shape index (κ3) is 2.96. The van der Waals surface area contributed by atoms with Gasteiger partial charge in [0.15, 0.2) is 11.3 Å². The molecule has 1 N–H and O–H groups in total. The molecule has 1 amide bonds. The van der Waals surface area contributed by atoms with Crippen molar-refractivity contribution in [2.75, 3.05) is 23.3 Å². The van der Waals surface area contributed by atoms with Crippen molar-refractivity contribution in [3.8, 4) is 0 Å². The lowest BCUT2D eigenvalue weighted by atomic mass is 10.3. The minimum atomic E-state index is -0.871. The van der Waals surface area contributed by atoms with E-state index in [9.17, 15) is 13.6 Å². The molecule has 26 heavy (non-hydrogen) atoms. The number of nitrogens with one attached hydrogen (secondary N) is 1. The van der Waals surface area contributed by atoms with Crippen LogP contribution < -0.4 is 10.2 Å². The van der Waals surface area contributed by atoms with Crippen LogP contribution in [0.15, 0.2) is 30.5 Å². The number of halogens is 2. The summed E-state index contributed by atoms with van der Waals surface area (Å²) in [6.45, 7) is 2.57. The Kier molecular flexibility index (Phi) is 3.98. The third-order valence-corrected chi connectivity index (χ3v) is 4.28. The number of pyridine rings is 1. The number of nitrogens with zero attached hydrogens (tertiary/aromatic N) is 5. The average Bonchev–Trinajstić information content (AvgIpc) is 3.18. The molecule has 134 valence electrons. The number of carbonyl (C=O) groups is 1. The van der Waals surface area contributed by atoms with Crippen LogP contribution in [0.3, 0.4) is 0 Å².